The summed E-state index contributed by atoms with van der Waals surface area (Å²) >= 11 is 4.70. The van der Waals surface area contributed by atoms with E-state index in [1.807, 2.05) is 0 Å². The zero-order valence-electron chi connectivity index (χ0n) is 5.83. The second-order valence-corrected chi connectivity index (χ2v) is 4.54. The standard InChI is InChI=1S/C6H9BrN2OS/c7-5-3-9-6(11-5)4(10)1-2-8/h3-4,10H,1-2,8H2/t4-/m1/s1. The molecule has 0 saturated heterocycles. The zero-order chi connectivity index (χ0) is 8.27. The van der Waals surface area contributed by atoms with Crippen LogP contribution in [-0.2, 0) is 0 Å². The van der Waals surface area contributed by atoms with E-state index < -0.39 is 6.10 Å². The smallest absolute Gasteiger partial charge is 0.122 e. The summed E-state index contributed by atoms with van der Waals surface area (Å²) in [6.45, 7) is 0.484. The van der Waals surface area contributed by atoms with E-state index in [1.54, 1.807) is 6.20 Å². The molecule has 0 bridgehead atoms. The van der Waals surface area contributed by atoms with Crippen LogP contribution in [0.2, 0.25) is 0 Å². The van der Waals surface area contributed by atoms with Crippen molar-refractivity contribution in [1.29, 1.82) is 0 Å². The van der Waals surface area contributed by atoms with Crippen molar-refractivity contribution in [2.75, 3.05) is 6.54 Å². The third-order valence-corrected chi connectivity index (χ3v) is 2.80. The molecule has 62 valence electrons. The highest BCUT2D eigenvalue weighted by Crippen LogP contribution is 2.25. The normalized spacial score (nSPS) is 13.4. The minimum Gasteiger partial charge on any atom is -0.386 e. The molecule has 1 atom stereocenters. The Hall–Kier alpha value is 0.0300. The van der Waals surface area contributed by atoms with Gasteiger partial charge in [-0.2, -0.15) is 0 Å². The first-order chi connectivity index (χ1) is 5.24. The summed E-state index contributed by atoms with van der Waals surface area (Å²) in [4.78, 5) is 4.00. The van der Waals surface area contributed by atoms with Crippen molar-refractivity contribution in [3.63, 3.8) is 0 Å². The molecule has 11 heavy (non-hydrogen) atoms. The van der Waals surface area contributed by atoms with Gasteiger partial charge in [-0.25, -0.2) is 4.98 Å². The average Bonchev–Trinajstić information content (AvgIpc) is 2.36. The molecule has 3 N–H and O–H groups in total. The zero-order valence-corrected chi connectivity index (χ0v) is 8.23. The Kier molecular flexibility index (Phi) is 3.45. The first kappa shape index (κ1) is 9.12. The van der Waals surface area contributed by atoms with E-state index in [1.165, 1.54) is 11.3 Å². The van der Waals surface area contributed by atoms with Crippen LogP contribution in [0, 0.1) is 0 Å². The molecule has 1 aromatic heterocycles. The summed E-state index contributed by atoms with van der Waals surface area (Å²) < 4.78 is 0.934. The average molecular weight is 237 g/mol. The number of hydrogen-bond acceptors (Lipinski definition) is 4. The van der Waals surface area contributed by atoms with Crippen LogP contribution in [0.4, 0.5) is 0 Å². The molecule has 0 aliphatic rings. The van der Waals surface area contributed by atoms with Gasteiger partial charge in [0.25, 0.3) is 0 Å². The fraction of sp³-hybridized carbons (Fsp3) is 0.500. The van der Waals surface area contributed by atoms with Crippen LogP contribution in [-0.4, -0.2) is 16.6 Å². The van der Waals surface area contributed by atoms with Gasteiger partial charge in [-0.05, 0) is 28.9 Å². The minimum absolute atomic E-state index is 0.484. The highest BCUT2D eigenvalue weighted by molar-refractivity contribution is 9.11. The van der Waals surface area contributed by atoms with Crippen LogP contribution >= 0.6 is 27.3 Å². The molecule has 0 amide bonds. The van der Waals surface area contributed by atoms with E-state index in [0.717, 1.165) is 8.79 Å². The Bertz CT molecular complexity index is 228. The van der Waals surface area contributed by atoms with Crippen LogP contribution in [0.15, 0.2) is 9.98 Å². The Labute approximate surface area is 77.4 Å². The van der Waals surface area contributed by atoms with E-state index in [2.05, 4.69) is 20.9 Å². The summed E-state index contributed by atoms with van der Waals surface area (Å²) in [6.07, 6.45) is 1.75. The number of aliphatic hydroxyl groups excluding tert-OH is 1. The van der Waals surface area contributed by atoms with Crippen molar-refractivity contribution < 1.29 is 5.11 Å². The van der Waals surface area contributed by atoms with E-state index in [9.17, 15) is 5.11 Å². The quantitative estimate of drug-likeness (QED) is 0.832. The summed E-state index contributed by atoms with van der Waals surface area (Å²) in [5, 5.41) is 10.1. The molecule has 0 aliphatic heterocycles. The van der Waals surface area contributed by atoms with Crippen molar-refractivity contribution >= 4 is 27.3 Å². The number of thiazole rings is 1. The molecule has 3 nitrogen and oxygen atoms in total. The van der Waals surface area contributed by atoms with Crippen molar-refractivity contribution in [1.82, 2.24) is 4.98 Å². The first-order valence-corrected chi connectivity index (χ1v) is 4.84. The number of rotatable bonds is 3. The number of aromatic nitrogens is 1. The van der Waals surface area contributed by atoms with Crippen LogP contribution < -0.4 is 5.73 Å². The van der Waals surface area contributed by atoms with Gasteiger partial charge in [-0.3, -0.25) is 0 Å². The lowest BCUT2D eigenvalue weighted by Crippen LogP contribution is -2.06. The second-order valence-electron chi connectivity index (χ2n) is 2.10. The molecule has 0 aliphatic carbocycles. The van der Waals surface area contributed by atoms with Gasteiger partial charge in [-0.15, -0.1) is 11.3 Å². The number of hydrogen-bond donors (Lipinski definition) is 2. The molecule has 0 spiro atoms. The van der Waals surface area contributed by atoms with Gasteiger partial charge in [0.1, 0.15) is 11.1 Å². The second kappa shape index (κ2) is 4.15. The van der Waals surface area contributed by atoms with Crippen molar-refractivity contribution in [3.8, 4) is 0 Å². The first-order valence-electron chi connectivity index (χ1n) is 3.23. The summed E-state index contributed by atoms with van der Waals surface area (Å²) in [7, 11) is 0. The third kappa shape index (κ3) is 2.52. The summed E-state index contributed by atoms with van der Waals surface area (Å²) in [5.41, 5.74) is 5.28. The van der Waals surface area contributed by atoms with E-state index in [0.29, 0.717) is 13.0 Å². The predicted octanol–water partition coefficient (Wildman–Crippen LogP) is 1.29. The van der Waals surface area contributed by atoms with Gasteiger partial charge >= 0.3 is 0 Å². The SMILES string of the molecule is NCC[C@@H](O)c1ncc(Br)s1. The topological polar surface area (TPSA) is 59.1 Å². The van der Waals surface area contributed by atoms with Crippen LogP contribution in [0.25, 0.3) is 0 Å². The number of nitrogens with two attached hydrogens (primary N) is 1. The largest absolute Gasteiger partial charge is 0.386 e. The van der Waals surface area contributed by atoms with Crippen molar-refractivity contribution in [2.45, 2.75) is 12.5 Å². The lowest BCUT2D eigenvalue weighted by Gasteiger charge is -2.02. The van der Waals surface area contributed by atoms with Gasteiger partial charge in [0.05, 0.1) is 9.98 Å². The van der Waals surface area contributed by atoms with Crippen LogP contribution in [0.1, 0.15) is 17.5 Å². The maximum atomic E-state index is 9.38. The summed E-state index contributed by atoms with van der Waals surface area (Å²) in [5.74, 6) is 0. The monoisotopic (exact) mass is 236 g/mol. The molecule has 1 heterocycles. The Morgan fingerprint density at radius 3 is 3.00 bits per heavy atom. The van der Waals surface area contributed by atoms with Gasteiger partial charge in [-0.1, -0.05) is 0 Å². The van der Waals surface area contributed by atoms with E-state index >= 15 is 0 Å². The molecular formula is C6H9BrN2OS. The lowest BCUT2D eigenvalue weighted by molar-refractivity contribution is 0.170. The minimum atomic E-state index is -0.503. The molecular weight excluding hydrogens is 228 g/mol. The Morgan fingerprint density at radius 1 is 1.82 bits per heavy atom. The molecule has 0 saturated carbocycles. The third-order valence-electron chi connectivity index (χ3n) is 1.22. The fourth-order valence-corrected chi connectivity index (χ4v) is 1.97. The molecule has 1 aromatic rings. The highest BCUT2D eigenvalue weighted by Gasteiger charge is 2.09. The number of halogens is 1. The maximum Gasteiger partial charge on any atom is 0.122 e. The van der Waals surface area contributed by atoms with Gasteiger partial charge in [0.15, 0.2) is 0 Å². The molecule has 0 aromatic carbocycles. The molecule has 1 rings (SSSR count). The van der Waals surface area contributed by atoms with Gasteiger partial charge < -0.3 is 10.8 Å². The Balaban J connectivity index is 2.60. The molecule has 0 fully saturated rings. The van der Waals surface area contributed by atoms with Crippen molar-refractivity contribution in [3.05, 3.63) is 15.0 Å². The molecule has 5 heteroatoms. The van der Waals surface area contributed by atoms with Crippen LogP contribution in [0.3, 0.4) is 0 Å². The number of nitrogens with zero attached hydrogens (tertiary/aromatic N) is 1. The Morgan fingerprint density at radius 2 is 2.55 bits per heavy atom. The molecule has 0 radical (unpaired) electrons. The predicted molar refractivity (Wildman–Crippen MR) is 48.4 cm³/mol. The van der Waals surface area contributed by atoms with Gasteiger partial charge in [0, 0.05) is 0 Å². The van der Waals surface area contributed by atoms with Gasteiger partial charge in [0.2, 0.25) is 0 Å². The van der Waals surface area contributed by atoms with Crippen LogP contribution in [0.5, 0.6) is 0 Å². The van der Waals surface area contributed by atoms with Crippen molar-refractivity contribution in [2.24, 2.45) is 5.73 Å². The molecule has 0 unspecified atom stereocenters. The summed E-state index contributed by atoms with van der Waals surface area (Å²) in [6, 6.07) is 0. The fourth-order valence-electron chi connectivity index (χ4n) is 0.702. The highest BCUT2D eigenvalue weighted by atomic mass is 79.9. The maximum absolute atomic E-state index is 9.38. The van der Waals surface area contributed by atoms with E-state index in [4.69, 9.17) is 5.73 Å². The number of aliphatic hydroxyl groups is 1. The lowest BCUT2D eigenvalue weighted by atomic mass is 10.3. The van der Waals surface area contributed by atoms with E-state index in [-0.39, 0.29) is 0 Å².